The van der Waals surface area contributed by atoms with Crippen molar-refractivity contribution in [3.63, 3.8) is 0 Å². The Balaban J connectivity index is 1.52. The van der Waals surface area contributed by atoms with Gasteiger partial charge < -0.3 is 10.4 Å². The lowest BCUT2D eigenvalue weighted by Gasteiger charge is -2.12. The molecule has 2 aliphatic carbocycles. The predicted molar refractivity (Wildman–Crippen MR) is 64.3 cm³/mol. The summed E-state index contributed by atoms with van der Waals surface area (Å²) in [5.41, 5.74) is 0.946. The van der Waals surface area contributed by atoms with Gasteiger partial charge in [0.1, 0.15) is 5.75 Å². The van der Waals surface area contributed by atoms with Crippen molar-refractivity contribution in [1.29, 1.82) is 0 Å². The highest BCUT2D eigenvalue weighted by atomic mass is 16.3. The van der Waals surface area contributed by atoms with Crippen LogP contribution >= 0.6 is 0 Å². The Morgan fingerprint density at radius 1 is 1.29 bits per heavy atom. The number of aromatic hydroxyl groups is 1. The van der Waals surface area contributed by atoms with Crippen molar-refractivity contribution in [3.05, 3.63) is 29.8 Å². The van der Waals surface area contributed by atoms with E-state index >= 15 is 0 Å². The molecule has 3 rings (SSSR count). The fourth-order valence-electron chi connectivity index (χ4n) is 2.93. The molecule has 0 radical (unpaired) electrons. The Morgan fingerprint density at radius 3 is 2.76 bits per heavy atom. The van der Waals surface area contributed by atoms with Gasteiger partial charge in [0, 0.05) is 12.5 Å². The van der Waals surface area contributed by atoms with Gasteiger partial charge in [0.15, 0.2) is 0 Å². The van der Waals surface area contributed by atoms with Gasteiger partial charge in [-0.2, -0.15) is 0 Å². The summed E-state index contributed by atoms with van der Waals surface area (Å²) < 4.78 is 0. The van der Waals surface area contributed by atoms with Gasteiger partial charge in [0.2, 0.25) is 5.91 Å². The molecular formula is C14H17NO2. The smallest absolute Gasteiger partial charge is 0.223 e. The van der Waals surface area contributed by atoms with Crippen LogP contribution in [0.2, 0.25) is 0 Å². The van der Waals surface area contributed by atoms with Gasteiger partial charge in [-0.15, -0.1) is 0 Å². The number of nitrogens with one attached hydrogen (secondary N) is 1. The van der Waals surface area contributed by atoms with E-state index in [1.54, 1.807) is 18.2 Å². The Hall–Kier alpha value is -1.51. The fraction of sp³-hybridized carbons (Fsp3) is 0.500. The van der Waals surface area contributed by atoms with Crippen LogP contribution < -0.4 is 5.32 Å². The highest BCUT2D eigenvalue weighted by Crippen LogP contribution is 2.54. The number of hydrogen-bond acceptors (Lipinski definition) is 2. The van der Waals surface area contributed by atoms with E-state index in [0.29, 0.717) is 6.54 Å². The maximum absolute atomic E-state index is 11.9. The third-order valence-corrected chi connectivity index (χ3v) is 3.99. The number of carbonyl (C=O) groups is 1. The zero-order valence-corrected chi connectivity index (χ0v) is 9.73. The van der Waals surface area contributed by atoms with Gasteiger partial charge in [-0.25, -0.2) is 0 Å². The van der Waals surface area contributed by atoms with Gasteiger partial charge >= 0.3 is 0 Å². The first-order chi connectivity index (χ1) is 8.22. The first kappa shape index (κ1) is 10.6. The predicted octanol–water partition coefficient (Wildman–Crippen LogP) is 2.05. The Bertz CT molecular complexity index is 434. The minimum atomic E-state index is 0.181. The molecule has 1 amide bonds. The minimum absolute atomic E-state index is 0.181. The molecule has 2 saturated carbocycles. The van der Waals surface area contributed by atoms with Crippen LogP contribution in [0.3, 0.4) is 0 Å². The van der Waals surface area contributed by atoms with E-state index in [1.165, 1.54) is 6.42 Å². The second-order valence-electron chi connectivity index (χ2n) is 5.31. The third-order valence-electron chi connectivity index (χ3n) is 3.99. The van der Waals surface area contributed by atoms with Crippen molar-refractivity contribution in [3.8, 4) is 5.75 Å². The summed E-state index contributed by atoms with van der Waals surface area (Å²) in [5, 5.41) is 12.3. The molecule has 2 fully saturated rings. The van der Waals surface area contributed by atoms with E-state index < -0.39 is 0 Å². The normalized spacial score (nSPS) is 29.8. The van der Waals surface area contributed by atoms with Crippen LogP contribution in [-0.4, -0.2) is 11.0 Å². The van der Waals surface area contributed by atoms with Gasteiger partial charge in [-0.1, -0.05) is 12.1 Å². The summed E-state index contributed by atoms with van der Waals surface area (Å²) in [7, 11) is 0. The summed E-state index contributed by atoms with van der Waals surface area (Å²) in [6, 6.07) is 7.02. The zero-order valence-electron chi connectivity index (χ0n) is 9.73. The third kappa shape index (κ3) is 2.28. The lowest BCUT2D eigenvalue weighted by atomic mass is 10.0. The molecule has 0 aromatic heterocycles. The average molecular weight is 231 g/mol. The molecular weight excluding hydrogens is 214 g/mol. The summed E-state index contributed by atoms with van der Waals surface area (Å²) in [5.74, 6) is 2.34. The van der Waals surface area contributed by atoms with Crippen LogP contribution in [0, 0.1) is 17.8 Å². The molecule has 1 aromatic carbocycles. The topological polar surface area (TPSA) is 49.3 Å². The Morgan fingerprint density at radius 2 is 2.06 bits per heavy atom. The molecule has 90 valence electrons. The fourth-order valence-corrected chi connectivity index (χ4v) is 2.93. The molecule has 0 saturated heterocycles. The molecule has 17 heavy (non-hydrogen) atoms. The molecule has 2 N–H and O–H groups in total. The van der Waals surface area contributed by atoms with Gasteiger partial charge in [0.25, 0.3) is 0 Å². The maximum Gasteiger partial charge on any atom is 0.223 e. The minimum Gasteiger partial charge on any atom is -0.508 e. The Kier molecular flexibility index (Phi) is 2.54. The molecule has 0 aliphatic heterocycles. The summed E-state index contributed by atoms with van der Waals surface area (Å²) >= 11 is 0. The quantitative estimate of drug-likeness (QED) is 0.836. The molecule has 0 heterocycles. The number of amides is 1. The molecule has 3 nitrogen and oxygen atoms in total. The molecule has 2 atom stereocenters. The number of carbonyl (C=O) groups excluding carboxylic acids is 1. The number of phenolic OH excluding ortho intramolecular Hbond substituents is 1. The van der Waals surface area contributed by atoms with E-state index in [2.05, 4.69) is 5.32 Å². The van der Waals surface area contributed by atoms with Crippen molar-refractivity contribution in [1.82, 2.24) is 5.32 Å². The van der Waals surface area contributed by atoms with Crippen LogP contribution in [0.5, 0.6) is 5.75 Å². The highest BCUT2D eigenvalue weighted by molar-refractivity contribution is 5.79. The van der Waals surface area contributed by atoms with E-state index in [1.807, 2.05) is 6.07 Å². The molecule has 0 spiro atoms. The van der Waals surface area contributed by atoms with E-state index in [-0.39, 0.29) is 17.6 Å². The monoisotopic (exact) mass is 231 g/mol. The van der Waals surface area contributed by atoms with Gasteiger partial charge in [0.05, 0.1) is 0 Å². The summed E-state index contributed by atoms with van der Waals surface area (Å²) in [6.45, 7) is 0.513. The SMILES string of the molecule is O=C(NCc1cccc(O)c1)C1CC2CC2C1. The molecule has 3 heteroatoms. The average Bonchev–Trinajstić information content (AvgIpc) is 2.93. The largest absolute Gasteiger partial charge is 0.508 e. The van der Waals surface area contributed by atoms with Crippen molar-refractivity contribution < 1.29 is 9.90 Å². The number of rotatable bonds is 3. The van der Waals surface area contributed by atoms with Gasteiger partial charge in [-0.05, 0) is 48.8 Å². The first-order valence-corrected chi connectivity index (χ1v) is 6.28. The molecule has 2 aliphatic rings. The summed E-state index contributed by atoms with van der Waals surface area (Å²) in [4.78, 5) is 11.9. The number of phenols is 1. The Labute approximate surface area is 101 Å². The lowest BCUT2D eigenvalue weighted by Crippen LogP contribution is -2.29. The molecule has 1 aromatic rings. The van der Waals surface area contributed by atoms with Crippen molar-refractivity contribution in [2.45, 2.75) is 25.8 Å². The van der Waals surface area contributed by atoms with Crippen LogP contribution in [0.15, 0.2) is 24.3 Å². The first-order valence-electron chi connectivity index (χ1n) is 6.28. The van der Waals surface area contributed by atoms with Crippen molar-refractivity contribution in [2.24, 2.45) is 17.8 Å². The van der Waals surface area contributed by atoms with Gasteiger partial charge in [-0.3, -0.25) is 4.79 Å². The summed E-state index contributed by atoms with van der Waals surface area (Å²) in [6.07, 6.45) is 3.50. The number of benzene rings is 1. The van der Waals surface area contributed by atoms with E-state index in [9.17, 15) is 9.90 Å². The van der Waals surface area contributed by atoms with Crippen LogP contribution in [-0.2, 0) is 11.3 Å². The van der Waals surface area contributed by atoms with Crippen LogP contribution in [0.25, 0.3) is 0 Å². The second-order valence-corrected chi connectivity index (χ2v) is 5.31. The van der Waals surface area contributed by atoms with Crippen molar-refractivity contribution in [2.75, 3.05) is 0 Å². The molecule has 2 unspecified atom stereocenters. The van der Waals surface area contributed by atoms with Crippen LogP contribution in [0.4, 0.5) is 0 Å². The molecule has 0 bridgehead atoms. The van der Waals surface area contributed by atoms with E-state index in [0.717, 1.165) is 30.2 Å². The highest BCUT2D eigenvalue weighted by Gasteiger charge is 2.47. The standard InChI is InChI=1S/C14H17NO2/c16-13-3-1-2-9(4-13)8-15-14(17)12-6-10-5-11(10)7-12/h1-4,10-12,16H,5-8H2,(H,15,17). The zero-order chi connectivity index (χ0) is 11.8. The maximum atomic E-state index is 11.9. The lowest BCUT2D eigenvalue weighted by molar-refractivity contribution is -0.125. The van der Waals surface area contributed by atoms with Crippen LogP contribution in [0.1, 0.15) is 24.8 Å². The number of fused-ring (bicyclic) bond motifs is 1. The van der Waals surface area contributed by atoms with E-state index in [4.69, 9.17) is 0 Å². The van der Waals surface area contributed by atoms with Crippen molar-refractivity contribution >= 4 is 5.91 Å². The second kappa shape index (κ2) is 4.06. The number of hydrogen-bond donors (Lipinski definition) is 2.